The number of carbonyl (C=O) groups excluding carboxylic acids is 1. The number of rotatable bonds is 6. The molecule has 3 rings (SSSR count). The normalized spacial score (nSPS) is 15.9. The number of aromatic nitrogens is 1. The zero-order valence-electron chi connectivity index (χ0n) is 16.1. The van der Waals surface area contributed by atoms with Crippen molar-refractivity contribution in [1.29, 1.82) is 0 Å². The highest BCUT2D eigenvalue weighted by Crippen LogP contribution is 2.40. The van der Waals surface area contributed by atoms with Gasteiger partial charge in [0.1, 0.15) is 0 Å². The number of hydrogen-bond donors (Lipinski definition) is 1. The SMILES string of the molecule is CCCOc1ncc(NC(=O)C2(c3ccc(Cl)cc3Cl)CCOCC2)cc1C. The maximum absolute atomic E-state index is 13.4. The summed E-state index contributed by atoms with van der Waals surface area (Å²) in [5.41, 5.74) is 1.50. The molecular weight excluding hydrogens is 399 g/mol. The van der Waals surface area contributed by atoms with Crippen molar-refractivity contribution in [2.75, 3.05) is 25.1 Å². The number of carbonyl (C=O) groups is 1. The molecule has 1 aliphatic rings. The molecule has 1 amide bonds. The fourth-order valence-corrected chi connectivity index (χ4v) is 4.04. The summed E-state index contributed by atoms with van der Waals surface area (Å²) >= 11 is 12.5. The van der Waals surface area contributed by atoms with Crippen LogP contribution in [0.25, 0.3) is 0 Å². The molecule has 1 aromatic carbocycles. The molecule has 0 atom stereocenters. The van der Waals surface area contributed by atoms with Gasteiger partial charge in [-0.1, -0.05) is 36.2 Å². The first-order chi connectivity index (χ1) is 13.5. The fourth-order valence-electron chi connectivity index (χ4n) is 3.45. The first kappa shape index (κ1) is 20.9. The monoisotopic (exact) mass is 422 g/mol. The lowest BCUT2D eigenvalue weighted by molar-refractivity contribution is -0.125. The van der Waals surface area contributed by atoms with E-state index in [4.69, 9.17) is 32.7 Å². The Kier molecular flexibility index (Phi) is 6.81. The van der Waals surface area contributed by atoms with Crippen LogP contribution >= 0.6 is 23.2 Å². The van der Waals surface area contributed by atoms with E-state index in [2.05, 4.69) is 10.3 Å². The predicted molar refractivity (Wildman–Crippen MR) is 112 cm³/mol. The van der Waals surface area contributed by atoms with Crippen LogP contribution in [0.1, 0.15) is 37.3 Å². The largest absolute Gasteiger partial charge is 0.477 e. The average Bonchev–Trinajstić information content (AvgIpc) is 2.68. The Labute approximate surface area is 175 Å². The molecule has 150 valence electrons. The third-order valence-electron chi connectivity index (χ3n) is 4.96. The molecule has 1 fully saturated rings. The average molecular weight is 423 g/mol. The summed E-state index contributed by atoms with van der Waals surface area (Å²) in [6.07, 6.45) is 3.62. The summed E-state index contributed by atoms with van der Waals surface area (Å²) in [6.45, 7) is 5.55. The molecule has 0 spiro atoms. The van der Waals surface area contributed by atoms with E-state index in [1.54, 1.807) is 18.3 Å². The van der Waals surface area contributed by atoms with Crippen molar-refractivity contribution < 1.29 is 14.3 Å². The van der Waals surface area contributed by atoms with Crippen molar-refractivity contribution in [3.05, 3.63) is 51.6 Å². The second-order valence-electron chi connectivity index (χ2n) is 6.97. The number of anilines is 1. The van der Waals surface area contributed by atoms with E-state index < -0.39 is 5.41 Å². The van der Waals surface area contributed by atoms with Gasteiger partial charge in [0, 0.05) is 28.8 Å². The minimum absolute atomic E-state index is 0.122. The maximum Gasteiger partial charge on any atom is 0.235 e. The van der Waals surface area contributed by atoms with Crippen LogP contribution in [0.5, 0.6) is 5.88 Å². The first-order valence-corrected chi connectivity index (χ1v) is 10.2. The van der Waals surface area contributed by atoms with Gasteiger partial charge in [-0.3, -0.25) is 4.79 Å². The summed E-state index contributed by atoms with van der Waals surface area (Å²) in [5, 5.41) is 4.04. The zero-order valence-corrected chi connectivity index (χ0v) is 17.6. The zero-order chi connectivity index (χ0) is 20.1. The van der Waals surface area contributed by atoms with Crippen molar-refractivity contribution in [2.45, 2.75) is 38.5 Å². The topological polar surface area (TPSA) is 60.5 Å². The van der Waals surface area contributed by atoms with Crippen LogP contribution in [-0.2, 0) is 14.9 Å². The van der Waals surface area contributed by atoms with E-state index in [1.807, 2.05) is 26.0 Å². The number of aryl methyl sites for hydroxylation is 1. The third-order valence-corrected chi connectivity index (χ3v) is 5.51. The van der Waals surface area contributed by atoms with Crippen molar-refractivity contribution in [1.82, 2.24) is 4.98 Å². The number of nitrogens with one attached hydrogen (secondary N) is 1. The van der Waals surface area contributed by atoms with Crippen molar-refractivity contribution in [3.63, 3.8) is 0 Å². The lowest BCUT2D eigenvalue weighted by Gasteiger charge is -2.36. The number of ether oxygens (including phenoxy) is 2. The Morgan fingerprint density at radius 3 is 2.68 bits per heavy atom. The van der Waals surface area contributed by atoms with Gasteiger partial charge >= 0.3 is 0 Å². The number of hydrogen-bond acceptors (Lipinski definition) is 4. The number of amides is 1. The molecule has 28 heavy (non-hydrogen) atoms. The molecule has 1 aliphatic heterocycles. The fraction of sp³-hybridized carbons (Fsp3) is 0.429. The number of nitrogens with zero attached hydrogens (tertiary/aromatic N) is 1. The maximum atomic E-state index is 13.4. The molecule has 1 saturated heterocycles. The molecule has 2 heterocycles. The quantitative estimate of drug-likeness (QED) is 0.696. The first-order valence-electron chi connectivity index (χ1n) is 9.40. The van der Waals surface area contributed by atoms with E-state index in [-0.39, 0.29) is 5.91 Å². The number of halogens is 2. The van der Waals surface area contributed by atoms with Crippen LogP contribution in [0.4, 0.5) is 5.69 Å². The van der Waals surface area contributed by atoms with Crippen molar-refractivity contribution >= 4 is 34.8 Å². The van der Waals surface area contributed by atoms with Gasteiger partial charge in [0.2, 0.25) is 11.8 Å². The Bertz CT molecular complexity index is 852. The summed E-state index contributed by atoms with van der Waals surface area (Å²) in [4.78, 5) is 17.7. The smallest absolute Gasteiger partial charge is 0.235 e. The molecule has 0 radical (unpaired) electrons. The summed E-state index contributed by atoms with van der Waals surface area (Å²) in [5.74, 6) is 0.463. The van der Waals surface area contributed by atoms with Gasteiger partial charge < -0.3 is 14.8 Å². The predicted octanol–water partition coefficient (Wildman–Crippen LogP) is 5.17. The van der Waals surface area contributed by atoms with Crippen LogP contribution in [0.3, 0.4) is 0 Å². The molecule has 7 heteroatoms. The van der Waals surface area contributed by atoms with E-state index in [0.29, 0.717) is 54.3 Å². The number of benzene rings is 1. The molecule has 1 N–H and O–H groups in total. The molecule has 5 nitrogen and oxygen atoms in total. The lowest BCUT2D eigenvalue weighted by Crippen LogP contribution is -2.45. The highest BCUT2D eigenvalue weighted by molar-refractivity contribution is 6.35. The van der Waals surface area contributed by atoms with Gasteiger partial charge in [-0.25, -0.2) is 4.98 Å². The van der Waals surface area contributed by atoms with E-state index in [0.717, 1.165) is 17.5 Å². The molecule has 0 aliphatic carbocycles. The van der Waals surface area contributed by atoms with Gasteiger partial charge in [0.05, 0.1) is 23.9 Å². The van der Waals surface area contributed by atoms with E-state index in [1.165, 1.54) is 0 Å². The van der Waals surface area contributed by atoms with Gasteiger partial charge in [-0.05, 0) is 49.9 Å². The third kappa shape index (κ3) is 4.43. The highest BCUT2D eigenvalue weighted by atomic mass is 35.5. The Morgan fingerprint density at radius 2 is 2.04 bits per heavy atom. The van der Waals surface area contributed by atoms with Gasteiger partial charge in [-0.2, -0.15) is 0 Å². The Hall–Kier alpha value is -1.82. The van der Waals surface area contributed by atoms with E-state index >= 15 is 0 Å². The van der Waals surface area contributed by atoms with E-state index in [9.17, 15) is 4.79 Å². The highest BCUT2D eigenvalue weighted by Gasteiger charge is 2.43. The summed E-state index contributed by atoms with van der Waals surface area (Å²) in [6, 6.07) is 7.14. The lowest BCUT2D eigenvalue weighted by atomic mass is 9.73. The van der Waals surface area contributed by atoms with Gasteiger partial charge in [-0.15, -0.1) is 0 Å². The van der Waals surface area contributed by atoms with Crippen LogP contribution in [0.15, 0.2) is 30.5 Å². The molecule has 1 aromatic heterocycles. The molecule has 2 aromatic rings. The van der Waals surface area contributed by atoms with Gasteiger partial charge in [0.15, 0.2) is 0 Å². The summed E-state index contributed by atoms with van der Waals surface area (Å²) in [7, 11) is 0. The molecular formula is C21H24Cl2N2O3. The second-order valence-corrected chi connectivity index (χ2v) is 7.81. The molecule has 0 saturated carbocycles. The van der Waals surface area contributed by atoms with Gasteiger partial charge in [0.25, 0.3) is 0 Å². The second kappa shape index (κ2) is 9.12. The van der Waals surface area contributed by atoms with Crippen LogP contribution in [0, 0.1) is 6.92 Å². The minimum Gasteiger partial charge on any atom is -0.477 e. The molecule has 0 unspecified atom stereocenters. The van der Waals surface area contributed by atoms with Crippen LogP contribution in [0.2, 0.25) is 10.0 Å². The van der Waals surface area contributed by atoms with Crippen molar-refractivity contribution in [3.8, 4) is 5.88 Å². The van der Waals surface area contributed by atoms with Crippen molar-refractivity contribution in [2.24, 2.45) is 0 Å². The van der Waals surface area contributed by atoms with Crippen LogP contribution in [-0.4, -0.2) is 30.7 Å². The number of pyridine rings is 1. The standard InChI is InChI=1S/C21H24Cl2N2O3/c1-3-8-28-19-14(2)11-16(13-24-19)25-20(26)21(6-9-27-10-7-21)17-5-4-15(22)12-18(17)23/h4-5,11-13H,3,6-10H2,1-2H3,(H,25,26). The Balaban J connectivity index is 1.87. The molecule has 0 bridgehead atoms. The van der Waals surface area contributed by atoms with Crippen LogP contribution < -0.4 is 10.1 Å². The summed E-state index contributed by atoms with van der Waals surface area (Å²) < 4.78 is 11.1. The Morgan fingerprint density at radius 1 is 1.29 bits per heavy atom. The minimum atomic E-state index is -0.773.